The maximum Gasteiger partial charge on any atom is 0.129 e. The van der Waals surface area contributed by atoms with Gasteiger partial charge >= 0.3 is 0 Å². The van der Waals surface area contributed by atoms with Crippen LogP contribution in [0, 0.1) is 5.92 Å². The third-order valence-electron chi connectivity index (χ3n) is 1.30. The van der Waals surface area contributed by atoms with Crippen LogP contribution in [0.15, 0.2) is 0 Å². The highest BCUT2D eigenvalue weighted by Gasteiger charge is 2.00. The molecule has 0 radical (unpaired) electrons. The molecule has 2 nitrogen and oxygen atoms in total. The van der Waals surface area contributed by atoms with Crippen molar-refractivity contribution in [1.29, 1.82) is 0 Å². The van der Waals surface area contributed by atoms with Crippen molar-refractivity contribution >= 4 is 5.78 Å². The molecule has 2 heteroatoms. The lowest BCUT2D eigenvalue weighted by Crippen LogP contribution is -2.02. The van der Waals surface area contributed by atoms with E-state index in [0.29, 0.717) is 6.42 Å². The van der Waals surface area contributed by atoms with Crippen LogP contribution in [-0.2, 0) is 4.79 Å². The van der Waals surface area contributed by atoms with Gasteiger partial charge in [0.1, 0.15) is 5.78 Å². The zero-order chi connectivity index (χ0) is 7.28. The Bertz CT molecular complexity index is 88.9. The molecule has 0 unspecified atom stereocenters. The number of carbonyl (C=O) groups excluding carboxylic acids is 1. The zero-order valence-electron chi connectivity index (χ0n) is 6.05. The maximum absolute atomic E-state index is 10.4. The minimum atomic E-state index is 0.188. The van der Waals surface area contributed by atoms with E-state index in [-0.39, 0.29) is 18.3 Å². The second-order valence-corrected chi connectivity index (χ2v) is 2.53. The second kappa shape index (κ2) is 4.50. The fourth-order valence-electron chi connectivity index (χ4n) is 0.541. The van der Waals surface area contributed by atoms with Gasteiger partial charge in [-0.15, -0.1) is 0 Å². The van der Waals surface area contributed by atoms with Crippen molar-refractivity contribution in [2.24, 2.45) is 5.92 Å². The van der Waals surface area contributed by atoms with Crippen LogP contribution in [0.1, 0.15) is 26.7 Å². The van der Waals surface area contributed by atoms with Crippen molar-refractivity contribution in [3.05, 3.63) is 0 Å². The van der Waals surface area contributed by atoms with Crippen LogP contribution < -0.4 is 0 Å². The average Bonchev–Trinajstić information content (AvgIpc) is 1.83. The summed E-state index contributed by atoms with van der Waals surface area (Å²) in [5.41, 5.74) is 0. The number of hydrogen-bond acceptors (Lipinski definition) is 2. The number of hydrogen-bond donors (Lipinski definition) is 1. The summed E-state index contributed by atoms with van der Waals surface area (Å²) >= 11 is 0. The van der Waals surface area contributed by atoms with Crippen molar-refractivity contribution < 1.29 is 9.90 Å². The Kier molecular flexibility index (Phi) is 4.32. The normalized spacial score (nSPS) is 13.2. The molecule has 0 saturated carbocycles. The van der Waals surface area contributed by atoms with E-state index in [2.05, 4.69) is 0 Å². The minimum Gasteiger partial charge on any atom is -0.396 e. The third-order valence-corrected chi connectivity index (χ3v) is 1.30. The lowest BCUT2D eigenvalue weighted by atomic mass is 10.1. The van der Waals surface area contributed by atoms with E-state index in [1.165, 1.54) is 0 Å². The summed E-state index contributed by atoms with van der Waals surface area (Å²) in [7, 11) is 0. The van der Waals surface area contributed by atoms with Crippen LogP contribution in [0.5, 0.6) is 0 Å². The smallest absolute Gasteiger partial charge is 0.129 e. The highest BCUT2D eigenvalue weighted by atomic mass is 16.3. The summed E-state index contributed by atoms with van der Waals surface area (Å²) in [6.07, 6.45) is 1.41. The first-order chi connectivity index (χ1) is 4.16. The quantitative estimate of drug-likeness (QED) is 0.616. The van der Waals surface area contributed by atoms with Gasteiger partial charge in [-0.25, -0.2) is 0 Å². The van der Waals surface area contributed by atoms with Crippen LogP contribution in [0.25, 0.3) is 0 Å². The Balaban J connectivity index is 3.16. The molecule has 1 N–H and O–H groups in total. The van der Waals surface area contributed by atoms with E-state index < -0.39 is 0 Å². The monoisotopic (exact) mass is 130 g/mol. The summed E-state index contributed by atoms with van der Waals surface area (Å²) in [6, 6.07) is 0. The molecule has 0 aromatic carbocycles. The molecule has 1 atom stereocenters. The Morgan fingerprint density at radius 1 is 1.67 bits per heavy atom. The Morgan fingerprint density at radius 3 is 2.56 bits per heavy atom. The average molecular weight is 130 g/mol. The van der Waals surface area contributed by atoms with Gasteiger partial charge in [0.25, 0.3) is 0 Å². The third kappa shape index (κ3) is 5.50. The number of aliphatic hydroxyl groups is 1. The molecule has 0 aromatic heterocycles. The van der Waals surface area contributed by atoms with E-state index in [1.807, 2.05) is 6.92 Å². The number of Topliss-reactive ketones (excluding diaryl/α,β-unsaturated/α-hetero) is 1. The minimum absolute atomic E-state index is 0.188. The predicted molar refractivity (Wildman–Crippen MR) is 36.2 cm³/mol. The largest absolute Gasteiger partial charge is 0.396 e. The Morgan fingerprint density at radius 2 is 2.22 bits per heavy atom. The molecule has 0 bridgehead atoms. The van der Waals surface area contributed by atoms with Crippen molar-refractivity contribution in [1.82, 2.24) is 0 Å². The van der Waals surface area contributed by atoms with E-state index in [9.17, 15) is 4.79 Å². The fraction of sp³-hybridized carbons (Fsp3) is 0.857. The molecule has 9 heavy (non-hydrogen) atoms. The summed E-state index contributed by atoms with van der Waals surface area (Å²) in [5, 5.41) is 8.54. The first kappa shape index (κ1) is 8.63. The standard InChI is InChI=1S/C7H14O2/c1-6(5-8)3-4-7(2)9/h6,8H,3-5H2,1-2H3/t6-/m1/s1. The molecule has 0 aliphatic carbocycles. The van der Waals surface area contributed by atoms with Gasteiger partial charge in [0.2, 0.25) is 0 Å². The lowest BCUT2D eigenvalue weighted by molar-refractivity contribution is -0.117. The first-order valence-electron chi connectivity index (χ1n) is 3.27. The summed E-state index contributed by atoms with van der Waals surface area (Å²) in [4.78, 5) is 10.4. The molecular weight excluding hydrogens is 116 g/mol. The van der Waals surface area contributed by atoms with Gasteiger partial charge in [0, 0.05) is 13.0 Å². The van der Waals surface area contributed by atoms with Gasteiger partial charge < -0.3 is 9.90 Å². The van der Waals surface area contributed by atoms with Crippen molar-refractivity contribution in [2.75, 3.05) is 6.61 Å². The molecule has 0 fully saturated rings. The molecule has 0 aliphatic heterocycles. The fourth-order valence-corrected chi connectivity index (χ4v) is 0.541. The van der Waals surface area contributed by atoms with E-state index in [1.54, 1.807) is 6.92 Å². The summed E-state index contributed by atoms with van der Waals surface area (Å²) in [5.74, 6) is 0.476. The van der Waals surface area contributed by atoms with Gasteiger partial charge in [-0.3, -0.25) is 0 Å². The van der Waals surface area contributed by atoms with Crippen LogP contribution in [-0.4, -0.2) is 17.5 Å². The molecule has 0 aliphatic rings. The van der Waals surface area contributed by atoms with Gasteiger partial charge in [-0.2, -0.15) is 0 Å². The molecular formula is C7H14O2. The van der Waals surface area contributed by atoms with Crippen LogP contribution >= 0.6 is 0 Å². The molecule has 0 amide bonds. The van der Waals surface area contributed by atoms with Gasteiger partial charge in [0.15, 0.2) is 0 Å². The highest BCUT2D eigenvalue weighted by molar-refractivity contribution is 5.75. The van der Waals surface area contributed by atoms with Crippen molar-refractivity contribution in [3.8, 4) is 0 Å². The van der Waals surface area contributed by atoms with Gasteiger partial charge in [-0.1, -0.05) is 6.92 Å². The Hall–Kier alpha value is -0.370. The van der Waals surface area contributed by atoms with Crippen molar-refractivity contribution in [2.45, 2.75) is 26.7 Å². The molecule has 0 rings (SSSR count). The van der Waals surface area contributed by atoms with Crippen LogP contribution in [0.4, 0.5) is 0 Å². The molecule has 0 spiro atoms. The molecule has 54 valence electrons. The number of rotatable bonds is 4. The van der Waals surface area contributed by atoms with Crippen LogP contribution in [0.3, 0.4) is 0 Å². The summed E-state index contributed by atoms with van der Waals surface area (Å²) < 4.78 is 0. The van der Waals surface area contributed by atoms with E-state index in [4.69, 9.17) is 5.11 Å². The zero-order valence-corrected chi connectivity index (χ0v) is 6.05. The number of ketones is 1. The van der Waals surface area contributed by atoms with E-state index in [0.717, 1.165) is 6.42 Å². The Labute approximate surface area is 55.9 Å². The topological polar surface area (TPSA) is 37.3 Å². The summed E-state index contributed by atoms with van der Waals surface area (Å²) in [6.45, 7) is 3.69. The molecule has 0 saturated heterocycles. The van der Waals surface area contributed by atoms with Gasteiger partial charge in [-0.05, 0) is 19.3 Å². The second-order valence-electron chi connectivity index (χ2n) is 2.53. The van der Waals surface area contributed by atoms with Gasteiger partial charge in [0.05, 0.1) is 0 Å². The molecule has 0 aromatic rings. The molecule has 0 heterocycles. The van der Waals surface area contributed by atoms with Crippen LogP contribution in [0.2, 0.25) is 0 Å². The first-order valence-corrected chi connectivity index (χ1v) is 3.27. The SMILES string of the molecule is CC(=O)CC[C@@H](C)CO. The van der Waals surface area contributed by atoms with E-state index >= 15 is 0 Å². The number of carbonyl (C=O) groups is 1. The lowest BCUT2D eigenvalue weighted by Gasteiger charge is -2.03. The number of aliphatic hydroxyl groups excluding tert-OH is 1. The highest BCUT2D eigenvalue weighted by Crippen LogP contribution is 2.03. The van der Waals surface area contributed by atoms with Crippen molar-refractivity contribution in [3.63, 3.8) is 0 Å². The predicted octanol–water partition coefficient (Wildman–Crippen LogP) is 0.984. The maximum atomic E-state index is 10.4.